The highest BCUT2D eigenvalue weighted by molar-refractivity contribution is 5.98. The van der Waals surface area contributed by atoms with Crippen molar-refractivity contribution in [2.45, 2.75) is 31.8 Å². The molecule has 3 heterocycles. The number of ether oxygens (including phenoxy) is 1. The van der Waals surface area contributed by atoms with Gasteiger partial charge in [-0.25, -0.2) is 0 Å². The molecule has 0 unspecified atom stereocenters. The lowest BCUT2D eigenvalue weighted by Crippen LogP contribution is -2.13. The lowest BCUT2D eigenvalue weighted by Gasteiger charge is -2.15. The molecule has 3 N–H and O–H groups in total. The number of anilines is 2. The maximum atomic E-state index is 6.42. The molecule has 0 amide bonds. The fourth-order valence-corrected chi connectivity index (χ4v) is 4.14. The van der Waals surface area contributed by atoms with E-state index in [9.17, 15) is 0 Å². The quantitative estimate of drug-likeness (QED) is 0.397. The highest BCUT2D eigenvalue weighted by Crippen LogP contribution is 2.37. The van der Waals surface area contributed by atoms with E-state index in [0.29, 0.717) is 11.8 Å². The number of hydrogen-bond acceptors (Lipinski definition) is 6. The number of aromatic amines is 1. The van der Waals surface area contributed by atoms with Crippen molar-refractivity contribution < 1.29 is 4.74 Å². The number of rotatable bonds is 7. The number of aromatic nitrogens is 5. The van der Waals surface area contributed by atoms with Crippen LogP contribution in [-0.4, -0.2) is 37.9 Å². The molecule has 1 saturated carbocycles. The summed E-state index contributed by atoms with van der Waals surface area (Å²) in [5, 5.41) is 11.4. The van der Waals surface area contributed by atoms with Crippen LogP contribution in [0.3, 0.4) is 0 Å². The Kier molecular flexibility index (Phi) is 5.26. The number of H-pyrrole nitrogens is 1. The van der Waals surface area contributed by atoms with Crippen LogP contribution >= 0.6 is 0 Å². The van der Waals surface area contributed by atoms with Gasteiger partial charge in [0.15, 0.2) is 0 Å². The van der Waals surface area contributed by atoms with Gasteiger partial charge in [-0.3, -0.25) is 4.68 Å². The van der Waals surface area contributed by atoms with E-state index in [1.54, 1.807) is 10.9 Å². The van der Waals surface area contributed by atoms with E-state index in [1.165, 1.54) is 12.8 Å². The molecule has 0 spiro atoms. The van der Waals surface area contributed by atoms with Crippen LogP contribution in [0.15, 0.2) is 49.3 Å². The molecule has 0 saturated heterocycles. The summed E-state index contributed by atoms with van der Waals surface area (Å²) < 4.78 is 8.16. The predicted molar refractivity (Wildman–Crippen MR) is 127 cm³/mol. The number of nitrogens with zero attached hydrogens (tertiary/aromatic N) is 4. The van der Waals surface area contributed by atoms with Crippen molar-refractivity contribution in [3.63, 3.8) is 0 Å². The number of hydrogen-bond donors (Lipinski definition) is 3. The standard InChI is InChI=1S/C24H27N7O/c1-15(25-2)16-8-10-17(11-9-16)19-14-26-22-21(19)23(32-18-6-4-5-7-18)30-24(29-22)28-20-12-13-27-31(20)3/h8-14,18,25H,1,4-7H2,2-3H3,(H2,26,28,29,30). The first kappa shape index (κ1) is 20.1. The van der Waals surface area contributed by atoms with Crippen molar-refractivity contribution in [1.29, 1.82) is 0 Å². The van der Waals surface area contributed by atoms with Crippen molar-refractivity contribution in [3.8, 4) is 17.0 Å². The Hall–Kier alpha value is -3.81. The van der Waals surface area contributed by atoms with Gasteiger partial charge in [0.2, 0.25) is 11.8 Å². The molecule has 1 aliphatic rings. The number of nitrogens with one attached hydrogen (secondary N) is 3. The van der Waals surface area contributed by atoms with E-state index in [2.05, 4.69) is 51.6 Å². The van der Waals surface area contributed by atoms with Crippen LogP contribution in [0.25, 0.3) is 27.9 Å². The Labute approximate surface area is 186 Å². The minimum atomic E-state index is 0.182. The highest BCUT2D eigenvalue weighted by Gasteiger charge is 2.22. The van der Waals surface area contributed by atoms with Gasteiger partial charge in [0.25, 0.3) is 0 Å². The van der Waals surface area contributed by atoms with Crippen LogP contribution in [-0.2, 0) is 7.05 Å². The molecule has 0 bridgehead atoms. The minimum Gasteiger partial charge on any atom is -0.474 e. The van der Waals surface area contributed by atoms with Crippen molar-refractivity contribution >= 4 is 28.5 Å². The van der Waals surface area contributed by atoms with Gasteiger partial charge in [-0.05, 0) is 36.8 Å². The molecule has 3 aromatic heterocycles. The summed E-state index contributed by atoms with van der Waals surface area (Å²) in [5.74, 6) is 1.89. The molecule has 8 heteroatoms. The summed E-state index contributed by atoms with van der Waals surface area (Å²) in [7, 11) is 3.74. The molecule has 0 atom stereocenters. The zero-order valence-corrected chi connectivity index (χ0v) is 18.4. The predicted octanol–water partition coefficient (Wildman–Crippen LogP) is 4.61. The summed E-state index contributed by atoms with van der Waals surface area (Å²) in [4.78, 5) is 12.8. The topological polar surface area (TPSA) is 92.7 Å². The van der Waals surface area contributed by atoms with Gasteiger partial charge in [-0.2, -0.15) is 15.1 Å². The molecule has 4 aromatic rings. The van der Waals surface area contributed by atoms with Crippen LogP contribution in [0.4, 0.5) is 11.8 Å². The van der Waals surface area contributed by atoms with Crippen LogP contribution < -0.4 is 15.4 Å². The third kappa shape index (κ3) is 3.79. The molecular weight excluding hydrogens is 402 g/mol. The number of benzene rings is 1. The molecule has 32 heavy (non-hydrogen) atoms. The first-order valence-electron chi connectivity index (χ1n) is 10.9. The summed E-state index contributed by atoms with van der Waals surface area (Å²) in [6, 6.07) is 10.2. The van der Waals surface area contributed by atoms with Gasteiger partial charge in [-0.1, -0.05) is 30.8 Å². The Morgan fingerprint density at radius 1 is 1.16 bits per heavy atom. The minimum absolute atomic E-state index is 0.182. The molecular formula is C24H27N7O. The van der Waals surface area contributed by atoms with E-state index in [1.807, 2.05) is 26.4 Å². The van der Waals surface area contributed by atoms with Crippen LogP contribution in [0.2, 0.25) is 0 Å². The molecule has 0 aliphatic heterocycles. The van der Waals surface area contributed by atoms with Crippen LogP contribution in [0.5, 0.6) is 5.88 Å². The maximum absolute atomic E-state index is 6.42. The summed E-state index contributed by atoms with van der Waals surface area (Å²) in [5.41, 5.74) is 4.75. The molecule has 0 radical (unpaired) electrons. The molecule has 1 fully saturated rings. The normalized spacial score (nSPS) is 14.1. The van der Waals surface area contributed by atoms with Crippen LogP contribution in [0.1, 0.15) is 31.2 Å². The zero-order valence-electron chi connectivity index (χ0n) is 18.4. The first-order chi connectivity index (χ1) is 15.6. The molecule has 164 valence electrons. The van der Waals surface area contributed by atoms with Crippen LogP contribution in [0, 0.1) is 0 Å². The van der Waals surface area contributed by atoms with Crippen molar-refractivity contribution in [2.24, 2.45) is 7.05 Å². The number of fused-ring (bicyclic) bond motifs is 1. The van der Waals surface area contributed by atoms with Gasteiger partial charge in [0.1, 0.15) is 17.6 Å². The Balaban J connectivity index is 1.57. The second kappa shape index (κ2) is 8.37. The zero-order chi connectivity index (χ0) is 22.1. The fourth-order valence-electron chi connectivity index (χ4n) is 4.14. The van der Waals surface area contributed by atoms with E-state index >= 15 is 0 Å². The van der Waals surface area contributed by atoms with Gasteiger partial charge < -0.3 is 20.4 Å². The average molecular weight is 430 g/mol. The van der Waals surface area contributed by atoms with Gasteiger partial charge >= 0.3 is 0 Å². The Bertz CT molecular complexity index is 1250. The largest absolute Gasteiger partial charge is 0.474 e. The van der Waals surface area contributed by atoms with E-state index in [-0.39, 0.29) is 6.10 Å². The Morgan fingerprint density at radius 3 is 2.62 bits per heavy atom. The van der Waals surface area contributed by atoms with Crippen molar-refractivity contribution in [2.75, 3.05) is 12.4 Å². The first-order valence-corrected chi connectivity index (χ1v) is 10.9. The third-order valence-corrected chi connectivity index (χ3v) is 5.99. The van der Waals surface area contributed by atoms with E-state index < -0.39 is 0 Å². The highest BCUT2D eigenvalue weighted by atomic mass is 16.5. The van der Waals surface area contributed by atoms with Gasteiger partial charge in [0.05, 0.1) is 11.6 Å². The van der Waals surface area contributed by atoms with Crippen molar-refractivity contribution in [3.05, 3.63) is 54.9 Å². The summed E-state index contributed by atoms with van der Waals surface area (Å²) >= 11 is 0. The molecule has 1 aromatic carbocycles. The molecule has 1 aliphatic carbocycles. The Morgan fingerprint density at radius 2 is 1.94 bits per heavy atom. The lowest BCUT2D eigenvalue weighted by atomic mass is 10.0. The van der Waals surface area contributed by atoms with Crippen molar-refractivity contribution in [1.82, 2.24) is 30.0 Å². The fraction of sp³-hybridized carbons (Fsp3) is 0.292. The second-order valence-corrected chi connectivity index (χ2v) is 8.07. The molecule has 5 rings (SSSR count). The average Bonchev–Trinajstić information content (AvgIpc) is 3.56. The summed E-state index contributed by atoms with van der Waals surface area (Å²) in [6.45, 7) is 4.03. The van der Waals surface area contributed by atoms with E-state index in [0.717, 1.165) is 52.1 Å². The maximum Gasteiger partial charge on any atom is 0.233 e. The van der Waals surface area contributed by atoms with Gasteiger partial charge in [0, 0.05) is 37.6 Å². The SMILES string of the molecule is C=C(NC)c1ccc(-c2c[nH]c3nc(Nc4ccnn4C)nc(OC4CCCC4)c23)cc1. The smallest absolute Gasteiger partial charge is 0.233 e. The number of aryl methyl sites for hydroxylation is 1. The summed E-state index contributed by atoms with van der Waals surface area (Å²) in [6.07, 6.45) is 8.37. The second-order valence-electron chi connectivity index (χ2n) is 8.07. The third-order valence-electron chi connectivity index (χ3n) is 5.99. The van der Waals surface area contributed by atoms with E-state index in [4.69, 9.17) is 14.7 Å². The lowest BCUT2D eigenvalue weighted by molar-refractivity contribution is 0.204. The van der Waals surface area contributed by atoms with Gasteiger partial charge in [-0.15, -0.1) is 0 Å². The molecule has 8 nitrogen and oxygen atoms in total. The monoisotopic (exact) mass is 429 g/mol.